The van der Waals surface area contributed by atoms with Crippen molar-refractivity contribution in [2.45, 2.75) is 12.1 Å². The number of nitrogens with one attached hydrogen (secondary N) is 1. The van der Waals surface area contributed by atoms with Crippen molar-refractivity contribution in [2.24, 2.45) is 5.10 Å². The number of amides is 1. The predicted molar refractivity (Wildman–Crippen MR) is 134 cm³/mol. The zero-order valence-electron chi connectivity index (χ0n) is 17.6. The molecule has 0 unspecified atom stereocenters. The monoisotopic (exact) mass is 495 g/mol. The summed E-state index contributed by atoms with van der Waals surface area (Å²) in [7, 11) is 0. The molecule has 166 valence electrons. The molecule has 0 aliphatic heterocycles. The van der Waals surface area contributed by atoms with E-state index in [1.807, 2.05) is 66.1 Å². The van der Waals surface area contributed by atoms with Gasteiger partial charge in [-0.2, -0.15) is 5.10 Å². The van der Waals surface area contributed by atoms with Crippen LogP contribution in [-0.4, -0.2) is 32.6 Å². The second-order valence-corrected chi connectivity index (χ2v) is 8.86. The maximum atomic E-state index is 12.3. The molecule has 9 heteroatoms. The van der Waals surface area contributed by atoms with Gasteiger partial charge in [-0.3, -0.25) is 9.36 Å². The Balaban J connectivity index is 1.48. The number of carbonyl (C=O) groups excluding carboxylic acids is 1. The molecule has 0 aliphatic carbocycles. The van der Waals surface area contributed by atoms with Gasteiger partial charge in [-0.1, -0.05) is 89.1 Å². The number of para-hydroxylation sites is 1. The van der Waals surface area contributed by atoms with Crippen molar-refractivity contribution < 1.29 is 4.79 Å². The lowest BCUT2D eigenvalue weighted by Crippen LogP contribution is -2.20. The van der Waals surface area contributed by atoms with Crippen molar-refractivity contribution >= 4 is 47.1 Å². The number of aryl methyl sites for hydroxylation is 1. The summed E-state index contributed by atoms with van der Waals surface area (Å²) >= 11 is 13.2. The van der Waals surface area contributed by atoms with Crippen LogP contribution in [0.3, 0.4) is 0 Å². The number of halogens is 2. The van der Waals surface area contributed by atoms with E-state index in [0.29, 0.717) is 21.0 Å². The van der Waals surface area contributed by atoms with E-state index in [-0.39, 0.29) is 11.7 Å². The van der Waals surface area contributed by atoms with Gasteiger partial charge >= 0.3 is 0 Å². The molecule has 4 rings (SSSR count). The molecule has 0 saturated carbocycles. The lowest BCUT2D eigenvalue weighted by Gasteiger charge is -2.10. The van der Waals surface area contributed by atoms with Crippen LogP contribution in [0.4, 0.5) is 0 Å². The highest BCUT2D eigenvalue weighted by molar-refractivity contribution is 7.99. The van der Waals surface area contributed by atoms with Gasteiger partial charge in [0, 0.05) is 11.3 Å². The molecule has 0 aliphatic rings. The quantitative estimate of drug-likeness (QED) is 0.200. The van der Waals surface area contributed by atoms with Crippen molar-refractivity contribution in [2.75, 3.05) is 5.75 Å². The first kappa shape index (κ1) is 23.0. The number of nitrogens with zero attached hydrogens (tertiary/aromatic N) is 4. The van der Waals surface area contributed by atoms with Crippen LogP contribution in [0, 0.1) is 6.92 Å². The van der Waals surface area contributed by atoms with Gasteiger partial charge in [-0.15, -0.1) is 10.2 Å². The second-order valence-electron chi connectivity index (χ2n) is 7.10. The van der Waals surface area contributed by atoms with Gasteiger partial charge in [0.25, 0.3) is 5.91 Å². The summed E-state index contributed by atoms with van der Waals surface area (Å²) in [4.78, 5) is 12.3. The molecule has 33 heavy (non-hydrogen) atoms. The molecule has 6 nitrogen and oxygen atoms in total. The second kappa shape index (κ2) is 10.7. The Bertz CT molecular complexity index is 1290. The molecule has 0 saturated heterocycles. The Morgan fingerprint density at radius 1 is 1.03 bits per heavy atom. The Kier molecular flexibility index (Phi) is 7.44. The molecule has 0 bridgehead atoms. The highest BCUT2D eigenvalue weighted by atomic mass is 35.5. The Morgan fingerprint density at radius 2 is 1.79 bits per heavy atom. The lowest BCUT2D eigenvalue weighted by molar-refractivity contribution is -0.118. The molecular formula is C24H19Cl2N5OS. The van der Waals surface area contributed by atoms with Gasteiger partial charge in [0.2, 0.25) is 0 Å². The number of hydrazone groups is 1. The SMILES string of the molecule is Cc1ccc(-c2nnc(SCC(=O)N/N=C\c3ccc(Cl)c(Cl)c3)n2-c2ccccc2)cc1. The minimum atomic E-state index is -0.268. The van der Waals surface area contributed by atoms with Gasteiger partial charge in [-0.05, 0) is 36.8 Å². The van der Waals surface area contributed by atoms with Gasteiger partial charge in [0.1, 0.15) is 0 Å². The number of benzene rings is 3. The zero-order valence-corrected chi connectivity index (χ0v) is 19.9. The number of aromatic nitrogens is 3. The molecule has 0 radical (unpaired) electrons. The van der Waals surface area contributed by atoms with E-state index in [9.17, 15) is 4.79 Å². The first-order valence-corrected chi connectivity index (χ1v) is 11.7. The summed E-state index contributed by atoms with van der Waals surface area (Å²) in [6.07, 6.45) is 1.51. The highest BCUT2D eigenvalue weighted by Gasteiger charge is 2.17. The average Bonchev–Trinajstić information content (AvgIpc) is 3.25. The normalized spacial score (nSPS) is 11.1. The van der Waals surface area contributed by atoms with Crippen molar-refractivity contribution in [1.82, 2.24) is 20.2 Å². The van der Waals surface area contributed by atoms with Crippen molar-refractivity contribution in [3.8, 4) is 17.1 Å². The third kappa shape index (κ3) is 5.82. The maximum absolute atomic E-state index is 12.3. The minimum absolute atomic E-state index is 0.123. The van der Waals surface area contributed by atoms with Crippen molar-refractivity contribution in [3.05, 3.63) is 94.0 Å². The predicted octanol–water partition coefficient (Wildman–Crippen LogP) is 5.79. The van der Waals surface area contributed by atoms with E-state index in [2.05, 4.69) is 20.7 Å². The molecule has 1 aromatic heterocycles. The van der Waals surface area contributed by atoms with Crippen LogP contribution in [0.5, 0.6) is 0 Å². The fourth-order valence-corrected chi connectivity index (χ4v) is 4.05. The van der Waals surface area contributed by atoms with Gasteiger partial charge < -0.3 is 0 Å². The van der Waals surface area contributed by atoms with Crippen LogP contribution in [0.25, 0.3) is 17.1 Å². The third-order valence-corrected chi connectivity index (χ3v) is 6.30. The van der Waals surface area contributed by atoms with Gasteiger partial charge in [-0.25, -0.2) is 5.43 Å². The Hall–Kier alpha value is -3.13. The third-order valence-electron chi connectivity index (χ3n) is 4.64. The van der Waals surface area contributed by atoms with Crippen LogP contribution < -0.4 is 5.43 Å². The Morgan fingerprint density at radius 3 is 2.52 bits per heavy atom. The van der Waals surface area contributed by atoms with Crippen LogP contribution in [0.1, 0.15) is 11.1 Å². The molecule has 1 N–H and O–H groups in total. The molecule has 3 aromatic carbocycles. The van der Waals surface area contributed by atoms with Crippen LogP contribution >= 0.6 is 35.0 Å². The fourth-order valence-electron chi connectivity index (χ4n) is 3.00. The van der Waals surface area contributed by atoms with E-state index >= 15 is 0 Å². The molecular weight excluding hydrogens is 477 g/mol. The largest absolute Gasteiger partial charge is 0.272 e. The molecule has 0 spiro atoms. The summed E-state index contributed by atoms with van der Waals surface area (Å²) in [5.41, 5.74) is 6.26. The number of carbonyl (C=O) groups is 1. The summed E-state index contributed by atoms with van der Waals surface area (Å²) in [5.74, 6) is 0.565. The fraction of sp³-hybridized carbons (Fsp3) is 0.0833. The van der Waals surface area contributed by atoms with E-state index in [0.717, 1.165) is 22.4 Å². The number of rotatable bonds is 7. The van der Waals surface area contributed by atoms with E-state index < -0.39 is 0 Å². The van der Waals surface area contributed by atoms with E-state index in [1.165, 1.54) is 18.0 Å². The van der Waals surface area contributed by atoms with Crippen LogP contribution in [0.15, 0.2) is 83.1 Å². The average molecular weight is 496 g/mol. The maximum Gasteiger partial charge on any atom is 0.250 e. The Labute approximate surface area is 205 Å². The van der Waals surface area contributed by atoms with Crippen LogP contribution in [0.2, 0.25) is 10.0 Å². The first-order chi connectivity index (χ1) is 16.0. The number of hydrogen-bond donors (Lipinski definition) is 1. The molecule has 0 fully saturated rings. The van der Waals surface area contributed by atoms with Crippen molar-refractivity contribution in [3.63, 3.8) is 0 Å². The van der Waals surface area contributed by atoms with Gasteiger partial charge in [0.05, 0.1) is 22.0 Å². The summed E-state index contributed by atoms with van der Waals surface area (Å²) in [6, 6.07) is 23.0. The lowest BCUT2D eigenvalue weighted by atomic mass is 10.1. The first-order valence-electron chi connectivity index (χ1n) is 9.99. The van der Waals surface area contributed by atoms with E-state index in [4.69, 9.17) is 23.2 Å². The smallest absolute Gasteiger partial charge is 0.250 e. The van der Waals surface area contributed by atoms with Crippen LogP contribution in [-0.2, 0) is 4.79 Å². The number of thioether (sulfide) groups is 1. The number of hydrogen-bond acceptors (Lipinski definition) is 5. The molecule has 1 amide bonds. The van der Waals surface area contributed by atoms with Crippen molar-refractivity contribution in [1.29, 1.82) is 0 Å². The zero-order chi connectivity index (χ0) is 23.2. The highest BCUT2D eigenvalue weighted by Crippen LogP contribution is 2.28. The topological polar surface area (TPSA) is 72.2 Å². The summed E-state index contributed by atoms with van der Waals surface area (Å²) in [5, 5.41) is 14.2. The standard InChI is InChI=1S/C24H19Cl2N5OS/c1-16-7-10-18(11-8-16)23-29-30-24(31(23)19-5-3-2-4-6-19)33-15-22(32)28-27-14-17-9-12-20(25)21(26)13-17/h2-14H,15H2,1H3,(H,28,32)/b27-14-. The molecule has 0 atom stereocenters. The molecule has 4 aromatic rings. The summed E-state index contributed by atoms with van der Waals surface area (Å²) < 4.78 is 1.95. The minimum Gasteiger partial charge on any atom is -0.272 e. The molecule has 1 heterocycles. The van der Waals surface area contributed by atoms with E-state index in [1.54, 1.807) is 18.2 Å². The summed E-state index contributed by atoms with van der Waals surface area (Å²) in [6.45, 7) is 2.04. The van der Waals surface area contributed by atoms with Gasteiger partial charge in [0.15, 0.2) is 11.0 Å².